The molecular formula is C15H19BrN4O2S. The van der Waals surface area contributed by atoms with E-state index >= 15 is 0 Å². The number of hydrogen-bond donors (Lipinski definition) is 0. The molecule has 8 heteroatoms. The Bertz CT molecular complexity index is 664. The van der Waals surface area contributed by atoms with Gasteiger partial charge in [-0.15, -0.1) is 0 Å². The molecule has 0 bridgehead atoms. The Labute approximate surface area is 147 Å². The van der Waals surface area contributed by atoms with Gasteiger partial charge in [0, 0.05) is 30.4 Å². The summed E-state index contributed by atoms with van der Waals surface area (Å²) in [5, 5.41) is 5.29. The number of piperidine rings is 1. The van der Waals surface area contributed by atoms with Crippen LogP contribution in [0.5, 0.6) is 0 Å². The maximum Gasteiger partial charge on any atom is 0.309 e. The smallest absolute Gasteiger partial charge is 0.309 e. The maximum absolute atomic E-state index is 11.8. The third-order valence-corrected chi connectivity index (χ3v) is 5.30. The molecule has 3 rings (SSSR count). The van der Waals surface area contributed by atoms with Gasteiger partial charge in [0.1, 0.15) is 0 Å². The fourth-order valence-corrected chi connectivity index (χ4v) is 3.95. The highest BCUT2D eigenvalue weighted by molar-refractivity contribution is 9.10. The summed E-state index contributed by atoms with van der Waals surface area (Å²) in [6.07, 6.45) is 7.30. The molecule has 0 aliphatic carbocycles. The van der Waals surface area contributed by atoms with Crippen molar-refractivity contribution in [3.05, 3.63) is 27.9 Å². The summed E-state index contributed by atoms with van der Waals surface area (Å²) in [5.41, 5.74) is 0. The minimum absolute atomic E-state index is 0.0343. The van der Waals surface area contributed by atoms with E-state index in [1.165, 1.54) is 4.88 Å². The Hall–Kier alpha value is -1.41. The predicted octanol–water partition coefficient (Wildman–Crippen LogP) is 2.93. The molecule has 0 atom stereocenters. The number of rotatable bonds is 5. The lowest BCUT2D eigenvalue weighted by molar-refractivity contribution is -0.148. The van der Waals surface area contributed by atoms with Crippen molar-refractivity contribution in [1.82, 2.24) is 14.8 Å². The molecule has 1 aliphatic rings. The van der Waals surface area contributed by atoms with Gasteiger partial charge in [-0.1, -0.05) is 11.3 Å². The fraction of sp³-hybridized carbons (Fsp3) is 0.533. The highest BCUT2D eigenvalue weighted by Gasteiger charge is 2.27. The van der Waals surface area contributed by atoms with E-state index in [9.17, 15) is 4.79 Å². The van der Waals surface area contributed by atoms with Crippen molar-refractivity contribution in [3.8, 4) is 0 Å². The van der Waals surface area contributed by atoms with Crippen LogP contribution < -0.4 is 4.90 Å². The third kappa shape index (κ3) is 4.11. The van der Waals surface area contributed by atoms with Crippen LogP contribution in [0.1, 0.15) is 24.6 Å². The Morgan fingerprint density at radius 1 is 1.43 bits per heavy atom. The van der Waals surface area contributed by atoms with Crippen molar-refractivity contribution in [1.29, 1.82) is 0 Å². The quantitative estimate of drug-likeness (QED) is 0.724. The van der Waals surface area contributed by atoms with Crippen molar-refractivity contribution >= 4 is 38.4 Å². The molecule has 0 amide bonds. The molecule has 6 nitrogen and oxygen atoms in total. The number of carbonyl (C=O) groups is 1. The van der Waals surface area contributed by atoms with Gasteiger partial charge in [-0.25, -0.2) is 4.98 Å². The topological polar surface area (TPSA) is 60.2 Å². The lowest BCUT2D eigenvalue weighted by Gasteiger charge is -2.30. The van der Waals surface area contributed by atoms with Crippen LogP contribution in [0.2, 0.25) is 0 Å². The van der Waals surface area contributed by atoms with E-state index in [0.29, 0.717) is 6.61 Å². The Kier molecular flexibility index (Phi) is 5.32. The number of thiazole rings is 1. The van der Waals surface area contributed by atoms with E-state index in [0.717, 1.165) is 42.1 Å². The molecule has 3 heterocycles. The third-order valence-electron chi connectivity index (χ3n) is 3.85. The van der Waals surface area contributed by atoms with E-state index in [4.69, 9.17) is 4.74 Å². The first-order chi connectivity index (χ1) is 11.2. The fourth-order valence-electron chi connectivity index (χ4n) is 2.67. The summed E-state index contributed by atoms with van der Waals surface area (Å²) in [6.45, 7) is 4.73. The maximum atomic E-state index is 11.8. The molecule has 1 aliphatic heterocycles. The highest BCUT2D eigenvalue weighted by atomic mass is 79.9. The summed E-state index contributed by atoms with van der Waals surface area (Å²) in [4.78, 5) is 19.7. The number of ether oxygens (including phenoxy) is 1. The summed E-state index contributed by atoms with van der Waals surface area (Å²) < 4.78 is 7.97. The van der Waals surface area contributed by atoms with Crippen molar-refractivity contribution < 1.29 is 9.53 Å². The van der Waals surface area contributed by atoms with Gasteiger partial charge in [0.25, 0.3) is 0 Å². The first kappa shape index (κ1) is 16.4. The molecule has 0 saturated carbocycles. The second-order valence-corrected chi connectivity index (χ2v) is 7.49. The molecule has 2 aromatic heterocycles. The van der Waals surface area contributed by atoms with Crippen LogP contribution in [-0.4, -0.2) is 40.4 Å². The van der Waals surface area contributed by atoms with Crippen LogP contribution in [0.15, 0.2) is 23.1 Å². The molecule has 124 valence electrons. The standard InChI is InChI=1S/C15H19BrN4O2S/c1-2-22-14(21)11-3-5-19(6-4-11)15-17-8-13(23-15)10-20-9-12(16)7-18-20/h7-9,11H,2-6,10H2,1H3. The molecule has 1 fully saturated rings. The van der Waals surface area contributed by atoms with Crippen LogP contribution in [0, 0.1) is 5.92 Å². The zero-order valence-corrected chi connectivity index (χ0v) is 15.3. The number of nitrogens with zero attached hydrogens (tertiary/aromatic N) is 4. The predicted molar refractivity (Wildman–Crippen MR) is 92.7 cm³/mol. The van der Waals surface area contributed by atoms with Crippen LogP contribution >= 0.6 is 27.3 Å². The van der Waals surface area contributed by atoms with Gasteiger partial charge < -0.3 is 9.64 Å². The number of anilines is 1. The second kappa shape index (κ2) is 7.44. The number of carbonyl (C=O) groups excluding carboxylic acids is 1. The molecule has 1 saturated heterocycles. The Morgan fingerprint density at radius 3 is 2.87 bits per heavy atom. The SMILES string of the molecule is CCOC(=O)C1CCN(c2ncc(Cn3cc(Br)cn3)s2)CC1. The number of hydrogen-bond acceptors (Lipinski definition) is 6. The molecular weight excluding hydrogens is 380 g/mol. The van der Waals surface area contributed by atoms with Gasteiger partial charge in [-0.3, -0.25) is 9.48 Å². The average molecular weight is 399 g/mol. The van der Waals surface area contributed by atoms with E-state index in [-0.39, 0.29) is 11.9 Å². The molecule has 0 spiro atoms. The molecule has 2 aromatic rings. The lowest BCUT2D eigenvalue weighted by atomic mass is 9.97. The second-order valence-electron chi connectivity index (χ2n) is 5.48. The van der Waals surface area contributed by atoms with Gasteiger partial charge >= 0.3 is 5.97 Å². The monoisotopic (exact) mass is 398 g/mol. The van der Waals surface area contributed by atoms with Crippen molar-refractivity contribution in [2.75, 3.05) is 24.6 Å². The molecule has 0 unspecified atom stereocenters. The summed E-state index contributed by atoms with van der Waals surface area (Å²) in [6, 6.07) is 0. The number of esters is 1. The minimum atomic E-state index is -0.0590. The minimum Gasteiger partial charge on any atom is -0.466 e. The van der Waals surface area contributed by atoms with Crippen LogP contribution in [0.3, 0.4) is 0 Å². The number of halogens is 1. The molecule has 23 heavy (non-hydrogen) atoms. The normalized spacial score (nSPS) is 15.8. The van der Waals surface area contributed by atoms with Crippen LogP contribution in [0.4, 0.5) is 5.13 Å². The van der Waals surface area contributed by atoms with Gasteiger partial charge in [0.2, 0.25) is 0 Å². The number of aromatic nitrogens is 3. The van der Waals surface area contributed by atoms with Crippen LogP contribution in [-0.2, 0) is 16.1 Å². The average Bonchev–Trinajstić information content (AvgIpc) is 3.17. The van der Waals surface area contributed by atoms with E-state index in [1.54, 1.807) is 17.5 Å². The van der Waals surface area contributed by atoms with Crippen molar-refractivity contribution in [2.24, 2.45) is 5.92 Å². The van der Waals surface area contributed by atoms with Gasteiger partial charge in [-0.05, 0) is 35.7 Å². The summed E-state index contributed by atoms with van der Waals surface area (Å²) >= 11 is 5.09. The summed E-state index contributed by atoms with van der Waals surface area (Å²) in [5.74, 6) is -0.0247. The van der Waals surface area contributed by atoms with Crippen molar-refractivity contribution in [3.63, 3.8) is 0 Å². The van der Waals surface area contributed by atoms with Gasteiger partial charge in [0.05, 0.1) is 29.7 Å². The first-order valence-corrected chi connectivity index (χ1v) is 9.31. The Morgan fingerprint density at radius 2 is 2.22 bits per heavy atom. The largest absolute Gasteiger partial charge is 0.466 e. The first-order valence-electron chi connectivity index (χ1n) is 7.70. The Balaban J connectivity index is 1.56. The molecule has 0 N–H and O–H groups in total. The van der Waals surface area contributed by atoms with Gasteiger partial charge in [0.15, 0.2) is 5.13 Å². The van der Waals surface area contributed by atoms with E-state index in [2.05, 4.69) is 30.9 Å². The lowest BCUT2D eigenvalue weighted by Crippen LogP contribution is -2.36. The van der Waals surface area contributed by atoms with E-state index in [1.807, 2.05) is 24.0 Å². The van der Waals surface area contributed by atoms with E-state index < -0.39 is 0 Å². The zero-order chi connectivity index (χ0) is 16.2. The van der Waals surface area contributed by atoms with Crippen LogP contribution in [0.25, 0.3) is 0 Å². The highest BCUT2D eigenvalue weighted by Crippen LogP contribution is 2.28. The van der Waals surface area contributed by atoms with Gasteiger partial charge in [-0.2, -0.15) is 5.10 Å². The summed E-state index contributed by atoms with van der Waals surface area (Å²) in [7, 11) is 0. The molecule has 0 aromatic carbocycles. The van der Waals surface area contributed by atoms with Crippen molar-refractivity contribution in [2.45, 2.75) is 26.3 Å². The molecule has 0 radical (unpaired) electrons. The zero-order valence-electron chi connectivity index (χ0n) is 12.9.